The van der Waals surface area contributed by atoms with Crippen LogP contribution in [-0.4, -0.2) is 33.4 Å². The number of hydrogen-bond donors (Lipinski definition) is 2. The molecule has 2 N–H and O–H groups in total. The SMILES string of the molecule is CCCOc1ccccc1C=NNc1nn[nH]n1. The van der Waals surface area contributed by atoms with Crippen molar-refractivity contribution < 1.29 is 4.74 Å². The first-order valence-electron chi connectivity index (χ1n) is 5.64. The Morgan fingerprint density at radius 2 is 2.33 bits per heavy atom. The largest absolute Gasteiger partial charge is 0.493 e. The molecule has 2 aromatic rings. The Kier molecular flexibility index (Phi) is 4.23. The van der Waals surface area contributed by atoms with Crippen molar-refractivity contribution in [3.8, 4) is 5.75 Å². The van der Waals surface area contributed by atoms with Gasteiger partial charge in [0.05, 0.1) is 12.8 Å². The zero-order chi connectivity index (χ0) is 12.6. The number of ether oxygens (including phenoxy) is 1. The van der Waals surface area contributed by atoms with E-state index in [9.17, 15) is 0 Å². The lowest BCUT2D eigenvalue weighted by molar-refractivity contribution is 0.317. The van der Waals surface area contributed by atoms with E-state index in [4.69, 9.17) is 4.74 Å². The minimum absolute atomic E-state index is 0.318. The quantitative estimate of drug-likeness (QED) is 0.594. The molecule has 1 aromatic heterocycles. The number of hydrogen-bond acceptors (Lipinski definition) is 6. The van der Waals surface area contributed by atoms with Gasteiger partial charge < -0.3 is 4.74 Å². The van der Waals surface area contributed by atoms with Crippen molar-refractivity contribution in [3.05, 3.63) is 29.8 Å². The van der Waals surface area contributed by atoms with E-state index in [1.165, 1.54) is 0 Å². The summed E-state index contributed by atoms with van der Waals surface area (Å²) in [7, 11) is 0. The van der Waals surface area contributed by atoms with Crippen LogP contribution in [0.15, 0.2) is 29.4 Å². The van der Waals surface area contributed by atoms with Crippen molar-refractivity contribution >= 4 is 12.2 Å². The number of para-hydroxylation sites is 1. The molecule has 94 valence electrons. The fourth-order valence-electron chi connectivity index (χ4n) is 1.30. The van der Waals surface area contributed by atoms with Gasteiger partial charge in [0.15, 0.2) is 0 Å². The predicted molar refractivity (Wildman–Crippen MR) is 67.6 cm³/mol. The molecule has 0 aliphatic carbocycles. The second-order valence-corrected chi connectivity index (χ2v) is 3.49. The first-order valence-corrected chi connectivity index (χ1v) is 5.64. The van der Waals surface area contributed by atoms with E-state index >= 15 is 0 Å². The summed E-state index contributed by atoms with van der Waals surface area (Å²) >= 11 is 0. The predicted octanol–water partition coefficient (Wildman–Crippen LogP) is 1.43. The molecule has 0 unspecified atom stereocenters. The summed E-state index contributed by atoms with van der Waals surface area (Å²) in [6, 6.07) is 7.68. The van der Waals surface area contributed by atoms with Crippen LogP contribution in [0.5, 0.6) is 5.75 Å². The van der Waals surface area contributed by atoms with Crippen LogP contribution in [0.25, 0.3) is 0 Å². The number of tetrazole rings is 1. The van der Waals surface area contributed by atoms with Crippen LogP contribution in [0.2, 0.25) is 0 Å². The zero-order valence-electron chi connectivity index (χ0n) is 10.00. The van der Waals surface area contributed by atoms with Crippen molar-refractivity contribution in [2.24, 2.45) is 5.10 Å². The number of anilines is 1. The van der Waals surface area contributed by atoms with Crippen molar-refractivity contribution in [1.82, 2.24) is 20.6 Å². The van der Waals surface area contributed by atoms with Crippen molar-refractivity contribution in [3.63, 3.8) is 0 Å². The second-order valence-electron chi connectivity index (χ2n) is 3.49. The maximum atomic E-state index is 5.61. The van der Waals surface area contributed by atoms with Gasteiger partial charge in [0.1, 0.15) is 5.75 Å². The number of aromatic nitrogens is 4. The topological polar surface area (TPSA) is 88.1 Å². The molecule has 1 heterocycles. The van der Waals surface area contributed by atoms with E-state index in [-0.39, 0.29) is 0 Å². The molecular weight excluding hydrogens is 232 g/mol. The summed E-state index contributed by atoms with van der Waals surface area (Å²) in [5.41, 5.74) is 3.55. The minimum atomic E-state index is 0.318. The molecule has 0 amide bonds. The monoisotopic (exact) mass is 246 g/mol. The Labute approximate surface area is 104 Å². The van der Waals surface area contributed by atoms with Gasteiger partial charge in [-0.1, -0.05) is 24.2 Å². The van der Waals surface area contributed by atoms with Crippen LogP contribution < -0.4 is 10.2 Å². The lowest BCUT2D eigenvalue weighted by Gasteiger charge is -2.06. The van der Waals surface area contributed by atoms with Crippen molar-refractivity contribution in [2.75, 3.05) is 12.0 Å². The third-order valence-corrected chi connectivity index (χ3v) is 2.09. The van der Waals surface area contributed by atoms with Crippen LogP contribution in [0.3, 0.4) is 0 Å². The van der Waals surface area contributed by atoms with Gasteiger partial charge in [-0.2, -0.15) is 10.3 Å². The van der Waals surface area contributed by atoms with Crippen LogP contribution in [0.1, 0.15) is 18.9 Å². The molecule has 0 spiro atoms. The zero-order valence-corrected chi connectivity index (χ0v) is 10.00. The van der Waals surface area contributed by atoms with E-state index in [0.717, 1.165) is 17.7 Å². The van der Waals surface area contributed by atoms with Gasteiger partial charge in [0, 0.05) is 5.56 Å². The van der Waals surface area contributed by atoms with Crippen molar-refractivity contribution in [1.29, 1.82) is 0 Å². The maximum absolute atomic E-state index is 5.61. The second kappa shape index (κ2) is 6.33. The van der Waals surface area contributed by atoms with Crippen LogP contribution >= 0.6 is 0 Å². The van der Waals surface area contributed by atoms with E-state index in [2.05, 4.69) is 38.1 Å². The normalized spacial score (nSPS) is 10.7. The summed E-state index contributed by atoms with van der Waals surface area (Å²) in [6.45, 7) is 2.75. The Morgan fingerprint density at radius 1 is 1.44 bits per heavy atom. The Hall–Kier alpha value is -2.44. The molecule has 0 aliphatic rings. The average molecular weight is 246 g/mol. The van der Waals surface area contributed by atoms with E-state index in [1.807, 2.05) is 24.3 Å². The van der Waals surface area contributed by atoms with E-state index in [1.54, 1.807) is 6.21 Å². The lowest BCUT2D eigenvalue weighted by atomic mass is 10.2. The highest BCUT2D eigenvalue weighted by molar-refractivity contribution is 5.83. The minimum Gasteiger partial charge on any atom is -0.493 e. The Morgan fingerprint density at radius 3 is 3.11 bits per heavy atom. The highest BCUT2D eigenvalue weighted by Gasteiger charge is 1.99. The maximum Gasteiger partial charge on any atom is 0.283 e. The summed E-state index contributed by atoms with van der Waals surface area (Å²) in [6.07, 6.45) is 2.62. The first kappa shape index (κ1) is 12.0. The number of H-pyrrole nitrogens is 1. The Bertz CT molecular complexity index is 496. The molecule has 0 saturated carbocycles. The smallest absolute Gasteiger partial charge is 0.283 e. The van der Waals surface area contributed by atoms with Crippen LogP contribution in [0.4, 0.5) is 5.95 Å². The standard InChI is InChI=1S/C11H14N6O/c1-2-7-18-10-6-4-3-5-9(10)8-12-13-11-14-16-17-15-11/h3-6,8H,2,7H2,1H3,(H2,13,14,15,16,17). The molecule has 0 fully saturated rings. The van der Waals surface area contributed by atoms with Gasteiger partial charge in [-0.15, -0.1) is 5.10 Å². The summed E-state index contributed by atoms with van der Waals surface area (Å²) in [4.78, 5) is 0. The van der Waals surface area contributed by atoms with Gasteiger partial charge in [0.2, 0.25) is 0 Å². The first-order chi connectivity index (χ1) is 8.90. The van der Waals surface area contributed by atoms with Gasteiger partial charge in [-0.25, -0.2) is 5.43 Å². The third-order valence-electron chi connectivity index (χ3n) is 2.09. The number of nitrogens with zero attached hydrogens (tertiary/aromatic N) is 4. The fourth-order valence-corrected chi connectivity index (χ4v) is 1.30. The molecule has 1 aromatic carbocycles. The van der Waals surface area contributed by atoms with E-state index in [0.29, 0.717) is 12.6 Å². The highest BCUT2D eigenvalue weighted by atomic mass is 16.5. The third kappa shape index (κ3) is 3.27. The molecule has 2 rings (SSSR count). The van der Waals surface area contributed by atoms with Gasteiger partial charge in [0.25, 0.3) is 5.95 Å². The number of hydrazone groups is 1. The number of nitrogens with one attached hydrogen (secondary N) is 2. The molecule has 0 bridgehead atoms. The molecule has 7 nitrogen and oxygen atoms in total. The van der Waals surface area contributed by atoms with Gasteiger partial charge in [-0.3, -0.25) is 0 Å². The van der Waals surface area contributed by atoms with Gasteiger partial charge in [-0.05, 0) is 23.8 Å². The molecule has 0 atom stereocenters. The lowest BCUT2D eigenvalue weighted by Crippen LogP contribution is -1.99. The van der Waals surface area contributed by atoms with Gasteiger partial charge >= 0.3 is 0 Å². The summed E-state index contributed by atoms with van der Waals surface area (Å²) < 4.78 is 5.61. The molecular formula is C11H14N6O. The number of rotatable bonds is 6. The fraction of sp³-hybridized carbons (Fsp3) is 0.273. The molecule has 0 radical (unpaired) electrons. The van der Waals surface area contributed by atoms with E-state index < -0.39 is 0 Å². The molecule has 0 saturated heterocycles. The average Bonchev–Trinajstić information content (AvgIpc) is 2.91. The molecule has 0 aliphatic heterocycles. The van der Waals surface area contributed by atoms with Crippen LogP contribution in [0, 0.1) is 0 Å². The summed E-state index contributed by atoms with van der Waals surface area (Å²) in [5.74, 6) is 1.12. The number of benzene rings is 1. The highest BCUT2D eigenvalue weighted by Crippen LogP contribution is 2.15. The van der Waals surface area contributed by atoms with Crippen LogP contribution in [-0.2, 0) is 0 Å². The molecule has 18 heavy (non-hydrogen) atoms. The number of aromatic amines is 1. The Balaban J connectivity index is 2.01. The summed E-state index contributed by atoms with van der Waals surface area (Å²) in [5, 5.41) is 17.2. The molecule has 7 heteroatoms. The van der Waals surface area contributed by atoms with Crippen molar-refractivity contribution in [2.45, 2.75) is 13.3 Å².